The third-order valence-corrected chi connectivity index (χ3v) is 8.29. The highest BCUT2D eigenvalue weighted by molar-refractivity contribution is 7.91. The molecule has 3 atom stereocenters. The van der Waals surface area contributed by atoms with Gasteiger partial charge in [0.2, 0.25) is 4.34 Å². The van der Waals surface area contributed by atoms with Crippen molar-refractivity contribution in [3.05, 3.63) is 59.9 Å². The molecule has 1 fully saturated rings. The predicted octanol–water partition coefficient (Wildman–Crippen LogP) is 0.675. The van der Waals surface area contributed by atoms with Crippen molar-refractivity contribution in [2.75, 3.05) is 13.3 Å². The minimum absolute atomic E-state index is 0.0188. The van der Waals surface area contributed by atoms with Gasteiger partial charge in [-0.2, -0.15) is 0 Å². The number of ether oxygens (including phenoxy) is 2. The second-order valence-electron chi connectivity index (χ2n) is 8.97. The number of halogens is 1. The summed E-state index contributed by atoms with van der Waals surface area (Å²) < 4.78 is 48.0. The predicted molar refractivity (Wildman–Crippen MR) is 139 cm³/mol. The van der Waals surface area contributed by atoms with E-state index in [-0.39, 0.29) is 29.8 Å². The standard InChI is InChI=1S/C24H23FN6O7S2/c25-9-15(32)12-38-16-3-1-13(2-4-16)7-19-22(33)21(23(34)27-19)31-10-14(29-30-31)11-37-17-5-6-18-20(8-17)39-24(28-18)40(26,35)36/h1-6,8,10,15,19,21,32H,7,9,11-12H2,(H,27,34)(H2,26,35,36)/t15?,19-,21?/m0/s1. The largest absolute Gasteiger partial charge is 0.491 e. The summed E-state index contributed by atoms with van der Waals surface area (Å²) in [6.07, 6.45) is 0.493. The van der Waals surface area contributed by atoms with Gasteiger partial charge in [0, 0.05) is 0 Å². The molecular weight excluding hydrogens is 567 g/mol. The molecule has 40 heavy (non-hydrogen) atoms. The minimum atomic E-state index is -3.91. The van der Waals surface area contributed by atoms with E-state index in [4.69, 9.17) is 14.6 Å². The van der Waals surface area contributed by atoms with E-state index in [9.17, 15) is 27.5 Å². The lowest BCUT2D eigenvalue weighted by molar-refractivity contribution is -0.127. The molecule has 1 amide bonds. The fourth-order valence-electron chi connectivity index (χ4n) is 4.00. The monoisotopic (exact) mass is 590 g/mol. The summed E-state index contributed by atoms with van der Waals surface area (Å²) in [5.74, 6) is -0.00570. The van der Waals surface area contributed by atoms with Crippen molar-refractivity contribution >= 4 is 43.3 Å². The molecule has 1 saturated heterocycles. The highest BCUT2D eigenvalue weighted by Gasteiger charge is 2.42. The van der Waals surface area contributed by atoms with E-state index in [2.05, 4.69) is 20.6 Å². The number of aromatic nitrogens is 4. The molecule has 16 heteroatoms. The van der Waals surface area contributed by atoms with Crippen LogP contribution in [0.2, 0.25) is 0 Å². The first-order valence-electron chi connectivity index (χ1n) is 11.9. The number of fused-ring (bicyclic) bond motifs is 1. The zero-order valence-electron chi connectivity index (χ0n) is 20.6. The number of thiazole rings is 1. The second-order valence-corrected chi connectivity index (χ2v) is 11.7. The molecule has 4 N–H and O–H groups in total. The quantitative estimate of drug-likeness (QED) is 0.210. The number of nitrogens with one attached hydrogen (secondary N) is 1. The average molecular weight is 591 g/mol. The zero-order valence-corrected chi connectivity index (χ0v) is 22.3. The molecule has 3 heterocycles. The number of Topliss-reactive ketones (excluding diaryl/α,β-unsaturated/α-hetero) is 1. The summed E-state index contributed by atoms with van der Waals surface area (Å²) in [6, 6.07) is 9.59. The number of alkyl halides is 1. The molecule has 0 saturated carbocycles. The van der Waals surface area contributed by atoms with Gasteiger partial charge in [0.15, 0.2) is 11.8 Å². The van der Waals surface area contributed by atoms with Gasteiger partial charge in [0.1, 0.15) is 43.2 Å². The number of sulfonamides is 1. The van der Waals surface area contributed by atoms with Crippen LogP contribution < -0.4 is 19.9 Å². The molecule has 2 aromatic heterocycles. The Labute approximate surface area is 230 Å². The van der Waals surface area contributed by atoms with E-state index in [1.165, 1.54) is 10.9 Å². The molecule has 1 aliphatic heterocycles. The minimum Gasteiger partial charge on any atom is -0.491 e. The van der Waals surface area contributed by atoms with Crippen molar-refractivity contribution < 1.29 is 37.0 Å². The second kappa shape index (κ2) is 11.2. The van der Waals surface area contributed by atoms with Gasteiger partial charge in [-0.3, -0.25) is 9.59 Å². The summed E-state index contributed by atoms with van der Waals surface area (Å²) in [6.45, 7) is -1.10. The molecule has 0 spiro atoms. The van der Waals surface area contributed by atoms with Crippen molar-refractivity contribution in [3.63, 3.8) is 0 Å². The van der Waals surface area contributed by atoms with Gasteiger partial charge in [-0.25, -0.2) is 27.6 Å². The molecule has 2 aromatic carbocycles. The van der Waals surface area contributed by atoms with Gasteiger partial charge in [-0.05, 0) is 42.3 Å². The first-order valence-corrected chi connectivity index (χ1v) is 14.2. The number of carbonyl (C=O) groups excluding carboxylic acids is 2. The van der Waals surface area contributed by atoms with E-state index in [0.29, 0.717) is 27.4 Å². The highest BCUT2D eigenvalue weighted by Crippen LogP contribution is 2.28. The third-order valence-electron chi connectivity index (χ3n) is 5.95. The van der Waals surface area contributed by atoms with Crippen LogP contribution in [0.25, 0.3) is 10.2 Å². The van der Waals surface area contributed by atoms with Crippen LogP contribution >= 0.6 is 11.3 Å². The van der Waals surface area contributed by atoms with E-state index < -0.39 is 40.8 Å². The van der Waals surface area contributed by atoms with E-state index >= 15 is 0 Å². The van der Waals surface area contributed by atoms with Crippen LogP contribution in [0.3, 0.4) is 0 Å². The molecule has 1 aliphatic rings. The summed E-state index contributed by atoms with van der Waals surface area (Å²) in [4.78, 5) is 29.6. The Morgan fingerprint density at radius 2 is 1.90 bits per heavy atom. The third kappa shape index (κ3) is 6.09. The van der Waals surface area contributed by atoms with Gasteiger partial charge < -0.3 is 19.9 Å². The maximum Gasteiger partial charge on any atom is 0.265 e. The molecular formula is C24H23FN6O7S2. The van der Waals surface area contributed by atoms with Gasteiger partial charge in [-0.1, -0.05) is 17.3 Å². The zero-order chi connectivity index (χ0) is 28.4. The molecule has 4 aromatic rings. The van der Waals surface area contributed by atoms with Crippen LogP contribution in [0, 0.1) is 0 Å². The average Bonchev–Trinajstić information content (AvgIpc) is 3.64. The van der Waals surface area contributed by atoms with Crippen molar-refractivity contribution in [2.24, 2.45) is 5.14 Å². The van der Waals surface area contributed by atoms with E-state index in [1.54, 1.807) is 42.5 Å². The first-order chi connectivity index (χ1) is 19.1. The summed E-state index contributed by atoms with van der Waals surface area (Å²) in [7, 11) is -3.91. The van der Waals surface area contributed by atoms with Crippen LogP contribution in [0.15, 0.2) is 53.0 Å². The Kier molecular flexibility index (Phi) is 7.75. The van der Waals surface area contributed by atoms with Gasteiger partial charge in [0.05, 0.1) is 22.5 Å². The number of primary sulfonamides is 1. The SMILES string of the molecule is NS(=O)(=O)c1nc2ccc(OCc3cn(C4C(=O)N[C@@H](Cc5ccc(OCC(O)CF)cc5)C4=O)nn3)cc2s1. The van der Waals surface area contributed by atoms with Crippen LogP contribution in [0.1, 0.15) is 17.3 Å². The number of nitrogens with zero attached hydrogens (tertiary/aromatic N) is 4. The molecule has 210 valence electrons. The van der Waals surface area contributed by atoms with Crippen LogP contribution in [-0.4, -0.2) is 70.6 Å². The Balaban J connectivity index is 1.19. The smallest absolute Gasteiger partial charge is 0.265 e. The topological polar surface area (TPSA) is 189 Å². The summed E-state index contributed by atoms with van der Waals surface area (Å²) in [5.41, 5.74) is 1.59. The number of aliphatic hydroxyl groups excluding tert-OH is 1. The van der Waals surface area contributed by atoms with Crippen molar-refractivity contribution in [3.8, 4) is 11.5 Å². The van der Waals surface area contributed by atoms with Crippen LogP contribution in [0.4, 0.5) is 4.39 Å². The number of aliphatic hydroxyl groups is 1. The molecule has 0 aliphatic carbocycles. The number of carbonyl (C=O) groups is 2. The Morgan fingerprint density at radius 1 is 1.15 bits per heavy atom. The maximum atomic E-state index is 13.0. The van der Waals surface area contributed by atoms with E-state index in [1.807, 2.05) is 0 Å². The molecule has 0 radical (unpaired) electrons. The molecule has 13 nitrogen and oxygen atoms in total. The van der Waals surface area contributed by atoms with E-state index in [0.717, 1.165) is 16.9 Å². The first kappa shape index (κ1) is 27.6. The number of hydrogen-bond acceptors (Lipinski definition) is 11. The number of rotatable bonds is 11. The van der Waals surface area contributed by atoms with Crippen LogP contribution in [-0.2, 0) is 32.6 Å². The molecule has 2 unspecified atom stereocenters. The number of hydrogen-bond donors (Lipinski definition) is 3. The lowest BCUT2D eigenvalue weighted by atomic mass is 10.0. The van der Waals surface area contributed by atoms with Gasteiger partial charge >= 0.3 is 0 Å². The fraction of sp³-hybridized carbons (Fsp3) is 0.292. The van der Waals surface area contributed by atoms with Gasteiger partial charge in [-0.15, -0.1) is 16.4 Å². The van der Waals surface area contributed by atoms with Crippen molar-refractivity contribution in [1.82, 2.24) is 25.3 Å². The molecule has 5 rings (SSSR count). The lowest BCUT2D eigenvalue weighted by Gasteiger charge is -2.11. The summed E-state index contributed by atoms with van der Waals surface area (Å²) >= 11 is 0.921. The number of ketones is 1. The number of nitrogens with two attached hydrogens (primary N) is 1. The Morgan fingerprint density at radius 3 is 2.62 bits per heavy atom. The van der Waals surface area contributed by atoms with Gasteiger partial charge in [0.25, 0.3) is 15.9 Å². The number of benzene rings is 2. The van der Waals surface area contributed by atoms with Crippen molar-refractivity contribution in [2.45, 2.75) is 35.6 Å². The normalized spacial score (nSPS) is 18.2. The summed E-state index contributed by atoms with van der Waals surface area (Å²) in [5, 5.41) is 25.0. The fourth-order valence-corrected chi connectivity index (χ4v) is 5.68. The van der Waals surface area contributed by atoms with Crippen molar-refractivity contribution in [1.29, 1.82) is 0 Å². The lowest BCUT2D eigenvalue weighted by Crippen LogP contribution is -2.31. The Bertz CT molecular complexity index is 1660. The molecule has 0 bridgehead atoms. The number of amides is 1. The van der Waals surface area contributed by atoms with Crippen LogP contribution in [0.5, 0.6) is 11.5 Å². The Hall–Kier alpha value is -3.99. The highest BCUT2D eigenvalue weighted by atomic mass is 32.2. The maximum absolute atomic E-state index is 13.0.